The summed E-state index contributed by atoms with van der Waals surface area (Å²) in [5.74, 6) is 0. The maximum absolute atomic E-state index is 3.68. The molecule has 0 aliphatic heterocycles. The highest BCUT2D eigenvalue weighted by molar-refractivity contribution is 8.00. The third-order valence-electron chi connectivity index (χ3n) is 2.43. The smallest absolute Gasteiger partial charge is 0.0281 e. The van der Waals surface area contributed by atoms with E-state index in [1.807, 2.05) is 17.8 Å². The first-order valence-electron chi connectivity index (χ1n) is 4.20. The van der Waals surface area contributed by atoms with Crippen molar-refractivity contribution >= 4 is 11.8 Å². The van der Waals surface area contributed by atoms with Gasteiger partial charge in [0.05, 0.1) is 0 Å². The lowest BCUT2D eigenvalue weighted by Crippen LogP contribution is -2.43. The van der Waals surface area contributed by atoms with Crippen molar-refractivity contribution in [3.8, 4) is 0 Å². The van der Waals surface area contributed by atoms with Gasteiger partial charge in [-0.25, -0.2) is 0 Å². The van der Waals surface area contributed by atoms with Gasteiger partial charge in [0.1, 0.15) is 0 Å². The highest BCUT2D eigenvalue weighted by Gasteiger charge is 2.35. The lowest BCUT2D eigenvalue weighted by Gasteiger charge is -2.40. The highest BCUT2D eigenvalue weighted by atomic mass is 32.2. The van der Waals surface area contributed by atoms with Crippen LogP contribution < -0.4 is 5.32 Å². The first-order valence-corrected chi connectivity index (χ1v) is 5.42. The van der Waals surface area contributed by atoms with Crippen LogP contribution in [0.4, 0.5) is 0 Å². The molecule has 0 aromatic carbocycles. The van der Waals surface area contributed by atoms with Gasteiger partial charge in [-0.05, 0) is 19.1 Å². The van der Waals surface area contributed by atoms with E-state index in [0.29, 0.717) is 4.75 Å². The Morgan fingerprint density at radius 1 is 1.64 bits per heavy atom. The fraction of sp³-hybridized carbons (Fsp3) is 0.778. The van der Waals surface area contributed by atoms with Crippen LogP contribution in [0, 0.1) is 0 Å². The predicted molar refractivity (Wildman–Crippen MR) is 53.2 cm³/mol. The van der Waals surface area contributed by atoms with Crippen LogP contribution >= 0.6 is 11.8 Å². The second-order valence-electron chi connectivity index (χ2n) is 3.16. The largest absolute Gasteiger partial charge is 0.312 e. The zero-order chi connectivity index (χ0) is 8.16. The Morgan fingerprint density at radius 3 is 2.73 bits per heavy atom. The van der Waals surface area contributed by atoms with E-state index in [1.165, 1.54) is 19.3 Å². The summed E-state index contributed by atoms with van der Waals surface area (Å²) in [5.41, 5.74) is 0. The van der Waals surface area contributed by atoms with Gasteiger partial charge in [-0.1, -0.05) is 12.5 Å². The zero-order valence-corrected chi connectivity index (χ0v) is 8.04. The van der Waals surface area contributed by atoms with Gasteiger partial charge in [-0.3, -0.25) is 0 Å². The fourth-order valence-electron chi connectivity index (χ4n) is 1.43. The maximum Gasteiger partial charge on any atom is 0.0281 e. The minimum atomic E-state index is 0.572. The Bertz CT molecular complexity index is 124. The second kappa shape index (κ2) is 4.17. The van der Waals surface area contributed by atoms with Crippen LogP contribution in [-0.4, -0.2) is 24.1 Å². The van der Waals surface area contributed by atoms with E-state index in [9.17, 15) is 0 Å². The molecule has 11 heavy (non-hydrogen) atoms. The molecule has 0 bridgehead atoms. The molecule has 0 unspecified atom stereocenters. The predicted octanol–water partition coefficient (Wildman–Crippen LogP) is 2.05. The highest BCUT2D eigenvalue weighted by Crippen LogP contribution is 2.41. The van der Waals surface area contributed by atoms with E-state index in [2.05, 4.69) is 18.2 Å². The second-order valence-corrected chi connectivity index (χ2v) is 4.43. The molecule has 64 valence electrons. The summed E-state index contributed by atoms with van der Waals surface area (Å²) in [7, 11) is 0. The van der Waals surface area contributed by atoms with Crippen molar-refractivity contribution in [1.82, 2.24) is 5.32 Å². The molecule has 1 saturated carbocycles. The Hall–Kier alpha value is 0.0500. The van der Waals surface area contributed by atoms with Crippen LogP contribution in [0.5, 0.6) is 0 Å². The van der Waals surface area contributed by atoms with Crippen LogP contribution in [0.2, 0.25) is 0 Å². The van der Waals surface area contributed by atoms with Crippen molar-refractivity contribution in [2.75, 3.05) is 19.3 Å². The lowest BCUT2D eigenvalue weighted by atomic mass is 9.84. The van der Waals surface area contributed by atoms with E-state index in [-0.39, 0.29) is 0 Å². The molecule has 0 heterocycles. The molecule has 0 spiro atoms. The van der Waals surface area contributed by atoms with E-state index in [1.54, 1.807) is 0 Å². The van der Waals surface area contributed by atoms with Crippen LogP contribution in [0.3, 0.4) is 0 Å². The van der Waals surface area contributed by atoms with Gasteiger partial charge >= 0.3 is 0 Å². The summed E-state index contributed by atoms with van der Waals surface area (Å²) in [5, 5.41) is 3.39. The molecular formula is C9H17NS. The normalized spacial score (nSPS) is 20.8. The van der Waals surface area contributed by atoms with Crippen LogP contribution in [0.1, 0.15) is 19.3 Å². The number of nitrogens with one attached hydrogen (secondary N) is 1. The summed E-state index contributed by atoms with van der Waals surface area (Å²) in [6, 6.07) is 0. The maximum atomic E-state index is 3.68. The molecule has 0 aromatic heterocycles. The Morgan fingerprint density at radius 2 is 2.36 bits per heavy atom. The van der Waals surface area contributed by atoms with Crippen LogP contribution in [0.15, 0.2) is 12.7 Å². The molecule has 0 aromatic rings. The lowest BCUT2D eigenvalue weighted by molar-refractivity contribution is 0.350. The third-order valence-corrected chi connectivity index (χ3v) is 3.85. The van der Waals surface area contributed by atoms with Gasteiger partial charge in [0.2, 0.25) is 0 Å². The quantitative estimate of drug-likeness (QED) is 0.502. The number of hydrogen-bond donors (Lipinski definition) is 1. The molecule has 0 saturated heterocycles. The molecule has 1 nitrogen and oxygen atoms in total. The van der Waals surface area contributed by atoms with Gasteiger partial charge in [0, 0.05) is 17.8 Å². The first kappa shape index (κ1) is 9.14. The fourth-order valence-corrected chi connectivity index (χ4v) is 2.37. The van der Waals surface area contributed by atoms with E-state index in [0.717, 1.165) is 13.1 Å². The third kappa shape index (κ3) is 2.24. The summed E-state index contributed by atoms with van der Waals surface area (Å²) >= 11 is 2.01. The van der Waals surface area contributed by atoms with Gasteiger partial charge in [0.25, 0.3) is 0 Å². The molecule has 1 aliphatic rings. The van der Waals surface area contributed by atoms with Crippen molar-refractivity contribution in [2.24, 2.45) is 0 Å². The van der Waals surface area contributed by atoms with Crippen LogP contribution in [-0.2, 0) is 0 Å². The molecule has 1 rings (SSSR count). The number of thioether (sulfide) groups is 1. The summed E-state index contributed by atoms with van der Waals surface area (Å²) in [6.45, 7) is 5.78. The number of hydrogen-bond acceptors (Lipinski definition) is 2. The molecule has 1 N–H and O–H groups in total. The van der Waals surface area contributed by atoms with Gasteiger partial charge < -0.3 is 5.32 Å². The molecule has 0 radical (unpaired) electrons. The average molecular weight is 171 g/mol. The molecule has 2 heteroatoms. The van der Waals surface area contributed by atoms with E-state index >= 15 is 0 Å². The van der Waals surface area contributed by atoms with E-state index < -0.39 is 0 Å². The minimum absolute atomic E-state index is 0.572. The Balaban J connectivity index is 2.16. The van der Waals surface area contributed by atoms with Crippen molar-refractivity contribution in [3.63, 3.8) is 0 Å². The molecule has 1 fully saturated rings. The Labute approximate surface area is 73.6 Å². The van der Waals surface area contributed by atoms with Gasteiger partial charge in [-0.15, -0.1) is 6.58 Å². The van der Waals surface area contributed by atoms with Gasteiger partial charge in [0.15, 0.2) is 0 Å². The summed E-state index contributed by atoms with van der Waals surface area (Å²) < 4.78 is 0.572. The molecule has 1 aliphatic carbocycles. The van der Waals surface area contributed by atoms with Crippen molar-refractivity contribution in [2.45, 2.75) is 24.0 Å². The number of rotatable bonds is 5. The van der Waals surface area contributed by atoms with E-state index in [4.69, 9.17) is 0 Å². The van der Waals surface area contributed by atoms with Crippen molar-refractivity contribution in [1.29, 1.82) is 0 Å². The molecule has 0 atom stereocenters. The Kier molecular flexibility index (Phi) is 3.46. The standard InChI is InChI=1S/C9H17NS/c1-3-7-10-8-9(11-2)5-4-6-9/h3,10H,1,4-8H2,2H3. The monoisotopic (exact) mass is 171 g/mol. The zero-order valence-electron chi connectivity index (χ0n) is 7.23. The van der Waals surface area contributed by atoms with Crippen LogP contribution in [0.25, 0.3) is 0 Å². The van der Waals surface area contributed by atoms with Gasteiger partial charge in [-0.2, -0.15) is 11.8 Å². The average Bonchev–Trinajstić information content (AvgIpc) is 1.95. The first-order chi connectivity index (χ1) is 5.33. The summed E-state index contributed by atoms with van der Waals surface area (Å²) in [6.07, 6.45) is 8.33. The molecule has 0 amide bonds. The minimum Gasteiger partial charge on any atom is -0.312 e. The summed E-state index contributed by atoms with van der Waals surface area (Å²) in [4.78, 5) is 0. The van der Waals surface area contributed by atoms with Crippen molar-refractivity contribution in [3.05, 3.63) is 12.7 Å². The molecular weight excluding hydrogens is 154 g/mol. The topological polar surface area (TPSA) is 12.0 Å². The SMILES string of the molecule is C=CCNCC1(SC)CCC1. The van der Waals surface area contributed by atoms with Crippen molar-refractivity contribution < 1.29 is 0 Å².